The Morgan fingerprint density at radius 2 is 1.94 bits per heavy atom. The highest BCUT2D eigenvalue weighted by Crippen LogP contribution is 2.25. The lowest BCUT2D eigenvalue weighted by Crippen LogP contribution is -2.38. The van der Waals surface area contributed by atoms with E-state index in [1.54, 1.807) is 0 Å². The molecule has 0 radical (unpaired) electrons. The summed E-state index contributed by atoms with van der Waals surface area (Å²) in [5.41, 5.74) is 0. The summed E-state index contributed by atoms with van der Waals surface area (Å²) >= 11 is 5.58. The Morgan fingerprint density at radius 3 is 2.47 bits per heavy atom. The summed E-state index contributed by atoms with van der Waals surface area (Å²) in [5, 5.41) is -0.794. The molecule has 5 nitrogen and oxygen atoms in total. The minimum Gasteiger partial charge on any atom is -0.228 e. The van der Waals surface area contributed by atoms with E-state index >= 15 is 0 Å². The Labute approximate surface area is 108 Å². The monoisotopic (exact) mass is 303 g/mol. The van der Waals surface area contributed by atoms with Crippen LogP contribution in [0, 0.1) is 0 Å². The first-order valence-corrected chi connectivity index (χ1v) is 9.70. The Balaban J connectivity index is 2.76. The molecule has 0 bridgehead atoms. The number of alkyl halides is 1. The van der Waals surface area contributed by atoms with E-state index in [1.165, 1.54) is 4.31 Å². The zero-order chi connectivity index (χ0) is 13.1. The third-order valence-corrected chi connectivity index (χ3v) is 7.08. The van der Waals surface area contributed by atoms with Gasteiger partial charge in [-0.2, -0.15) is 4.31 Å². The molecule has 1 saturated heterocycles. The SMILES string of the molecule is CS(=O)(=O)CS(=O)(=O)N1CCCC1CCCCl. The zero-order valence-corrected chi connectivity index (χ0v) is 12.2. The van der Waals surface area contributed by atoms with Gasteiger partial charge in [-0.15, -0.1) is 11.6 Å². The summed E-state index contributed by atoms with van der Waals surface area (Å²) < 4.78 is 47.4. The van der Waals surface area contributed by atoms with Gasteiger partial charge in [0.15, 0.2) is 14.9 Å². The van der Waals surface area contributed by atoms with Gasteiger partial charge in [-0.25, -0.2) is 16.8 Å². The maximum absolute atomic E-state index is 11.9. The Kier molecular flexibility index (Phi) is 5.24. The summed E-state index contributed by atoms with van der Waals surface area (Å²) in [7, 11) is -7.21. The molecule has 0 spiro atoms. The first kappa shape index (κ1) is 15.2. The van der Waals surface area contributed by atoms with Crippen molar-refractivity contribution >= 4 is 31.5 Å². The van der Waals surface area contributed by atoms with Crippen molar-refractivity contribution in [1.82, 2.24) is 4.31 Å². The molecule has 102 valence electrons. The number of halogens is 1. The van der Waals surface area contributed by atoms with Crippen molar-refractivity contribution in [2.45, 2.75) is 31.7 Å². The van der Waals surface area contributed by atoms with Gasteiger partial charge in [-0.1, -0.05) is 0 Å². The van der Waals surface area contributed by atoms with Crippen LogP contribution in [0.3, 0.4) is 0 Å². The number of hydrogen-bond donors (Lipinski definition) is 0. The van der Waals surface area contributed by atoms with E-state index in [4.69, 9.17) is 11.6 Å². The molecule has 1 aliphatic heterocycles. The van der Waals surface area contributed by atoms with E-state index in [0.29, 0.717) is 18.8 Å². The highest BCUT2D eigenvalue weighted by molar-refractivity contribution is 8.06. The van der Waals surface area contributed by atoms with Crippen LogP contribution in [0.2, 0.25) is 0 Å². The van der Waals surface area contributed by atoms with E-state index in [0.717, 1.165) is 25.5 Å². The summed E-state index contributed by atoms with van der Waals surface area (Å²) in [5.74, 6) is 0.496. The fourth-order valence-electron chi connectivity index (χ4n) is 2.11. The third-order valence-electron chi connectivity index (χ3n) is 2.71. The summed E-state index contributed by atoms with van der Waals surface area (Å²) in [6, 6.07) is -0.0829. The molecule has 0 saturated carbocycles. The van der Waals surface area contributed by atoms with E-state index in [1.807, 2.05) is 0 Å². The van der Waals surface area contributed by atoms with E-state index in [2.05, 4.69) is 0 Å². The van der Waals surface area contributed by atoms with Crippen LogP contribution in [-0.4, -0.2) is 50.9 Å². The van der Waals surface area contributed by atoms with Gasteiger partial charge in [-0.3, -0.25) is 0 Å². The fourth-order valence-corrected chi connectivity index (χ4v) is 6.05. The van der Waals surface area contributed by atoms with Gasteiger partial charge < -0.3 is 0 Å². The van der Waals surface area contributed by atoms with Crippen molar-refractivity contribution in [3.63, 3.8) is 0 Å². The van der Waals surface area contributed by atoms with Gasteiger partial charge >= 0.3 is 0 Å². The lowest BCUT2D eigenvalue weighted by molar-refractivity contribution is 0.370. The smallest absolute Gasteiger partial charge is 0.228 e. The first-order chi connectivity index (χ1) is 7.76. The second-order valence-corrected chi connectivity index (χ2v) is 9.20. The van der Waals surface area contributed by atoms with Crippen molar-refractivity contribution < 1.29 is 16.8 Å². The summed E-state index contributed by atoms with van der Waals surface area (Å²) in [6.45, 7) is 0.421. The van der Waals surface area contributed by atoms with Crippen LogP contribution >= 0.6 is 11.6 Å². The number of nitrogens with zero attached hydrogens (tertiary/aromatic N) is 1. The topological polar surface area (TPSA) is 71.5 Å². The Bertz CT molecular complexity index is 446. The highest BCUT2D eigenvalue weighted by Gasteiger charge is 2.35. The molecule has 0 aromatic rings. The lowest BCUT2D eigenvalue weighted by atomic mass is 10.1. The molecule has 8 heteroatoms. The first-order valence-electron chi connectivity index (χ1n) is 5.49. The molecule has 0 aromatic carbocycles. The summed E-state index contributed by atoms with van der Waals surface area (Å²) in [6.07, 6.45) is 3.97. The standard InChI is InChI=1S/C9H18ClNO4S2/c1-16(12,13)8-17(14,15)11-7-3-5-9(11)4-2-6-10/h9H,2-8H2,1H3. The second kappa shape index (κ2) is 5.86. The molecule has 1 atom stereocenters. The molecule has 1 rings (SSSR count). The van der Waals surface area contributed by atoms with Crippen molar-refractivity contribution in [2.24, 2.45) is 0 Å². The van der Waals surface area contributed by atoms with Crippen LogP contribution in [0.5, 0.6) is 0 Å². The van der Waals surface area contributed by atoms with Gasteiger partial charge in [0.05, 0.1) is 0 Å². The normalized spacial score (nSPS) is 23.1. The zero-order valence-electron chi connectivity index (χ0n) is 9.80. The molecule has 1 unspecified atom stereocenters. The minimum atomic E-state index is -3.70. The minimum absolute atomic E-state index is 0.0829. The van der Waals surface area contributed by atoms with Gasteiger partial charge in [0.25, 0.3) is 0 Å². The van der Waals surface area contributed by atoms with Gasteiger partial charge in [0, 0.05) is 24.7 Å². The quantitative estimate of drug-likeness (QED) is 0.681. The van der Waals surface area contributed by atoms with Crippen LogP contribution < -0.4 is 0 Å². The van der Waals surface area contributed by atoms with Crippen LogP contribution in [0.4, 0.5) is 0 Å². The molecule has 1 fully saturated rings. The number of sulfonamides is 1. The van der Waals surface area contributed by atoms with E-state index in [-0.39, 0.29) is 6.04 Å². The van der Waals surface area contributed by atoms with Crippen LogP contribution in [0.15, 0.2) is 0 Å². The van der Waals surface area contributed by atoms with Crippen molar-refractivity contribution in [1.29, 1.82) is 0 Å². The predicted molar refractivity (Wildman–Crippen MR) is 68.3 cm³/mol. The van der Waals surface area contributed by atoms with Crippen molar-refractivity contribution in [2.75, 3.05) is 23.8 Å². The molecule has 0 amide bonds. The van der Waals surface area contributed by atoms with E-state index in [9.17, 15) is 16.8 Å². The number of hydrogen-bond acceptors (Lipinski definition) is 4. The predicted octanol–water partition coefficient (Wildman–Crippen LogP) is 0.802. The Hall–Kier alpha value is 0.150. The van der Waals surface area contributed by atoms with Crippen LogP contribution in [0.25, 0.3) is 0 Å². The molecule has 17 heavy (non-hydrogen) atoms. The fraction of sp³-hybridized carbons (Fsp3) is 1.00. The maximum atomic E-state index is 11.9. The van der Waals surface area contributed by atoms with Gasteiger partial charge in [-0.05, 0) is 25.7 Å². The van der Waals surface area contributed by atoms with Gasteiger partial charge in [0.1, 0.15) is 0 Å². The average Bonchev–Trinajstić information content (AvgIpc) is 2.59. The average molecular weight is 304 g/mol. The summed E-state index contributed by atoms with van der Waals surface area (Å²) in [4.78, 5) is 0. The maximum Gasteiger partial charge on any atom is 0.228 e. The lowest BCUT2D eigenvalue weighted by Gasteiger charge is -2.23. The highest BCUT2D eigenvalue weighted by atomic mass is 35.5. The largest absolute Gasteiger partial charge is 0.228 e. The van der Waals surface area contributed by atoms with Crippen LogP contribution in [-0.2, 0) is 19.9 Å². The molecule has 0 N–H and O–H groups in total. The van der Waals surface area contributed by atoms with Crippen LogP contribution in [0.1, 0.15) is 25.7 Å². The number of sulfone groups is 1. The molecular formula is C9H18ClNO4S2. The van der Waals surface area contributed by atoms with E-state index < -0.39 is 24.9 Å². The molecular weight excluding hydrogens is 286 g/mol. The molecule has 1 aliphatic rings. The third kappa shape index (κ3) is 4.73. The molecule has 0 aromatic heterocycles. The second-order valence-electron chi connectivity index (χ2n) is 4.39. The molecule has 0 aliphatic carbocycles. The molecule has 1 heterocycles. The van der Waals surface area contributed by atoms with Crippen molar-refractivity contribution in [3.8, 4) is 0 Å². The van der Waals surface area contributed by atoms with Gasteiger partial charge in [0.2, 0.25) is 10.0 Å². The Morgan fingerprint density at radius 1 is 1.29 bits per heavy atom. The number of rotatable bonds is 6. The van der Waals surface area contributed by atoms with Crippen molar-refractivity contribution in [3.05, 3.63) is 0 Å².